The first-order chi connectivity index (χ1) is 13.6. The highest BCUT2D eigenvalue weighted by Gasteiger charge is 2.45. The molecule has 0 aliphatic carbocycles. The van der Waals surface area contributed by atoms with Crippen LogP contribution in [0.15, 0.2) is 12.1 Å². The molecule has 29 heavy (non-hydrogen) atoms. The molecule has 1 fully saturated rings. The van der Waals surface area contributed by atoms with Gasteiger partial charge in [0.1, 0.15) is 5.52 Å². The molecule has 4 heterocycles. The summed E-state index contributed by atoms with van der Waals surface area (Å²) in [4.78, 5) is 10.2. The van der Waals surface area contributed by atoms with Gasteiger partial charge in [-0.3, -0.25) is 4.90 Å². The number of nitrogens with two attached hydrogens (primary N) is 1. The number of benzene rings is 1. The van der Waals surface area contributed by atoms with Crippen molar-refractivity contribution in [3.63, 3.8) is 0 Å². The first kappa shape index (κ1) is 18.2. The second-order valence-electron chi connectivity index (χ2n) is 7.24. The highest BCUT2D eigenvalue weighted by Crippen LogP contribution is 2.45. The molecule has 2 aliphatic heterocycles. The minimum absolute atomic E-state index is 0.0563. The molecule has 2 N–H and O–H groups in total. The lowest BCUT2D eigenvalue weighted by molar-refractivity contribution is -0.286. The van der Waals surface area contributed by atoms with Crippen molar-refractivity contribution in [3.8, 4) is 11.5 Å². The lowest BCUT2D eigenvalue weighted by atomic mass is 10.1. The van der Waals surface area contributed by atoms with Crippen molar-refractivity contribution in [2.24, 2.45) is 0 Å². The van der Waals surface area contributed by atoms with E-state index in [0.717, 1.165) is 0 Å². The van der Waals surface area contributed by atoms with Gasteiger partial charge < -0.3 is 15.2 Å². The number of nitrogens with zero attached hydrogens (tertiary/aromatic N) is 5. The number of rotatable bonds is 2. The molecular weight excluding hydrogens is 396 g/mol. The molecule has 8 nitrogen and oxygen atoms in total. The van der Waals surface area contributed by atoms with Gasteiger partial charge in [-0.1, -0.05) is 0 Å². The third-order valence-electron chi connectivity index (χ3n) is 5.20. The molecule has 5 rings (SSSR count). The summed E-state index contributed by atoms with van der Waals surface area (Å²) in [5.41, 5.74) is 6.27. The van der Waals surface area contributed by atoms with Crippen molar-refractivity contribution in [2.75, 3.05) is 18.8 Å². The number of anilines is 1. The van der Waals surface area contributed by atoms with Gasteiger partial charge in [0.2, 0.25) is 5.95 Å². The second kappa shape index (κ2) is 5.81. The standard InChI is InChI=1S/C17H16F4N6O2/c1-8(26-6-2-5-16(18,19)7-26)13-24-14-9-3-4-10-12(29-17(20,21)28-10)11(9)23-15(22)27(14)25-13/h3-4,8H,2,5-7H2,1H3,(H2,22,23). The molecular formula is C17H16F4N6O2. The summed E-state index contributed by atoms with van der Waals surface area (Å²) in [6.45, 7) is 1.84. The number of nitrogen functional groups attached to an aromatic ring is 1. The van der Waals surface area contributed by atoms with Crippen LogP contribution in [0.25, 0.3) is 16.6 Å². The normalized spacial score (nSPS) is 21.7. The lowest BCUT2D eigenvalue weighted by Crippen LogP contribution is -2.43. The smallest absolute Gasteiger partial charge is 0.395 e. The quantitative estimate of drug-likeness (QED) is 0.647. The summed E-state index contributed by atoms with van der Waals surface area (Å²) < 4.78 is 64.8. The van der Waals surface area contributed by atoms with E-state index in [4.69, 9.17) is 5.73 Å². The monoisotopic (exact) mass is 412 g/mol. The number of hydrogen-bond donors (Lipinski definition) is 1. The predicted octanol–water partition coefficient (Wildman–Crippen LogP) is 2.97. The Kier molecular flexibility index (Phi) is 3.64. The molecule has 0 amide bonds. The minimum atomic E-state index is -3.80. The average molecular weight is 412 g/mol. The van der Waals surface area contributed by atoms with Crippen LogP contribution in [0.1, 0.15) is 31.6 Å². The van der Waals surface area contributed by atoms with E-state index in [1.165, 1.54) is 16.6 Å². The highest BCUT2D eigenvalue weighted by atomic mass is 19.3. The van der Waals surface area contributed by atoms with Crippen molar-refractivity contribution in [2.45, 2.75) is 38.0 Å². The zero-order valence-corrected chi connectivity index (χ0v) is 15.2. The molecule has 0 bridgehead atoms. The van der Waals surface area contributed by atoms with Crippen LogP contribution in [0.3, 0.4) is 0 Å². The van der Waals surface area contributed by atoms with Crippen molar-refractivity contribution < 1.29 is 27.0 Å². The van der Waals surface area contributed by atoms with Crippen LogP contribution in [0.4, 0.5) is 23.5 Å². The summed E-state index contributed by atoms with van der Waals surface area (Å²) in [5, 5.41) is 4.69. The van der Waals surface area contributed by atoms with Gasteiger partial charge in [-0.15, -0.1) is 13.9 Å². The predicted molar refractivity (Wildman–Crippen MR) is 93.1 cm³/mol. The van der Waals surface area contributed by atoms with Gasteiger partial charge in [0.15, 0.2) is 23.0 Å². The van der Waals surface area contributed by atoms with Crippen molar-refractivity contribution in [1.82, 2.24) is 24.5 Å². The van der Waals surface area contributed by atoms with Gasteiger partial charge in [-0.25, -0.2) is 18.7 Å². The molecule has 12 heteroatoms. The first-order valence-electron chi connectivity index (χ1n) is 9.00. The number of hydrogen-bond acceptors (Lipinski definition) is 7. The molecule has 2 aliphatic rings. The topological polar surface area (TPSA) is 90.8 Å². The summed E-state index contributed by atoms with van der Waals surface area (Å²) in [6.07, 6.45) is -3.57. The molecule has 1 aromatic carbocycles. The Hall–Kier alpha value is -2.89. The van der Waals surface area contributed by atoms with Gasteiger partial charge in [-0.2, -0.15) is 4.52 Å². The fourth-order valence-corrected chi connectivity index (χ4v) is 3.78. The minimum Gasteiger partial charge on any atom is -0.395 e. The fraction of sp³-hybridized carbons (Fsp3) is 0.471. The summed E-state index contributed by atoms with van der Waals surface area (Å²) >= 11 is 0. The van der Waals surface area contributed by atoms with Crippen molar-refractivity contribution in [3.05, 3.63) is 18.0 Å². The molecule has 1 atom stereocenters. The molecule has 1 unspecified atom stereocenters. The molecule has 2 aromatic heterocycles. The Morgan fingerprint density at radius 2 is 1.97 bits per heavy atom. The van der Waals surface area contributed by atoms with E-state index >= 15 is 0 Å². The van der Waals surface area contributed by atoms with Crippen LogP contribution in [-0.2, 0) is 0 Å². The molecule has 154 valence electrons. The number of likely N-dealkylation sites (tertiary alicyclic amines) is 1. The fourth-order valence-electron chi connectivity index (χ4n) is 3.78. The molecule has 3 aromatic rings. The van der Waals surface area contributed by atoms with E-state index in [1.807, 2.05) is 0 Å². The number of piperidine rings is 1. The van der Waals surface area contributed by atoms with Crippen LogP contribution >= 0.6 is 0 Å². The van der Waals surface area contributed by atoms with Crippen LogP contribution in [-0.4, -0.2) is 49.8 Å². The maximum Gasteiger partial charge on any atom is 0.586 e. The van der Waals surface area contributed by atoms with Crippen LogP contribution < -0.4 is 15.2 Å². The van der Waals surface area contributed by atoms with Crippen LogP contribution in [0.2, 0.25) is 0 Å². The number of ether oxygens (including phenoxy) is 2. The van der Waals surface area contributed by atoms with Crippen molar-refractivity contribution in [1.29, 1.82) is 0 Å². The Morgan fingerprint density at radius 1 is 1.17 bits per heavy atom. The number of alkyl halides is 4. The van der Waals surface area contributed by atoms with E-state index in [2.05, 4.69) is 24.5 Å². The van der Waals surface area contributed by atoms with E-state index in [9.17, 15) is 17.6 Å². The molecule has 0 radical (unpaired) electrons. The van der Waals surface area contributed by atoms with Gasteiger partial charge >= 0.3 is 6.29 Å². The van der Waals surface area contributed by atoms with Gasteiger partial charge in [-0.05, 0) is 32.0 Å². The Morgan fingerprint density at radius 3 is 2.72 bits per heavy atom. The second-order valence-corrected chi connectivity index (χ2v) is 7.24. The SMILES string of the molecule is CC(c1nc2c3ccc4c(c3nc(N)n2n1)OC(F)(F)O4)N1CCCC(F)(F)C1. The van der Waals surface area contributed by atoms with Gasteiger partial charge in [0.05, 0.1) is 12.6 Å². The third kappa shape index (κ3) is 2.89. The number of fused-ring (bicyclic) bond motifs is 5. The summed E-state index contributed by atoms with van der Waals surface area (Å²) in [6, 6.07) is 2.33. The maximum absolute atomic E-state index is 13.8. The van der Waals surface area contributed by atoms with Gasteiger partial charge in [0, 0.05) is 11.8 Å². The highest BCUT2D eigenvalue weighted by molar-refractivity contribution is 5.97. The summed E-state index contributed by atoms with van der Waals surface area (Å²) in [7, 11) is 0. The van der Waals surface area contributed by atoms with Gasteiger partial charge in [0.25, 0.3) is 5.92 Å². The van der Waals surface area contributed by atoms with E-state index < -0.39 is 18.3 Å². The summed E-state index contributed by atoms with van der Waals surface area (Å²) in [5.74, 6) is -2.99. The zero-order valence-electron chi connectivity index (χ0n) is 15.2. The Balaban J connectivity index is 1.60. The molecule has 1 saturated heterocycles. The number of halogens is 4. The first-order valence-corrected chi connectivity index (χ1v) is 9.00. The molecule has 0 saturated carbocycles. The van der Waals surface area contributed by atoms with Crippen molar-refractivity contribution >= 4 is 22.5 Å². The zero-order chi connectivity index (χ0) is 20.6. The Bertz CT molecular complexity index is 1130. The average Bonchev–Trinajstić information content (AvgIpc) is 3.21. The lowest BCUT2D eigenvalue weighted by Gasteiger charge is -2.35. The Labute approximate surface area is 161 Å². The maximum atomic E-state index is 13.8. The van der Waals surface area contributed by atoms with E-state index in [1.54, 1.807) is 11.8 Å². The molecule has 0 spiro atoms. The van der Waals surface area contributed by atoms with Crippen LogP contribution in [0, 0.1) is 0 Å². The number of aromatic nitrogens is 4. The van der Waals surface area contributed by atoms with E-state index in [-0.39, 0.29) is 47.4 Å². The largest absolute Gasteiger partial charge is 0.586 e. The van der Waals surface area contributed by atoms with E-state index in [0.29, 0.717) is 18.4 Å². The third-order valence-corrected chi connectivity index (χ3v) is 5.20. The van der Waals surface area contributed by atoms with Crippen LogP contribution in [0.5, 0.6) is 11.5 Å².